The lowest BCUT2D eigenvalue weighted by molar-refractivity contribution is 0.0956. The average molecular weight is 384 g/mol. The molecule has 0 saturated heterocycles. The molecule has 2 aromatic carbocycles. The molecule has 29 heavy (non-hydrogen) atoms. The quantitative estimate of drug-likeness (QED) is 0.574. The summed E-state index contributed by atoms with van der Waals surface area (Å²) in [6, 6.07) is 20.4. The Morgan fingerprint density at radius 2 is 1.86 bits per heavy atom. The summed E-state index contributed by atoms with van der Waals surface area (Å²) in [4.78, 5) is 34.6. The number of pyridine rings is 1. The highest BCUT2D eigenvalue weighted by Crippen LogP contribution is 2.16. The van der Waals surface area contributed by atoms with Crippen molar-refractivity contribution >= 4 is 17.1 Å². The zero-order chi connectivity index (χ0) is 20.2. The SMILES string of the molecule is CCNC(=O)c1cccc(-n2c(=O)c(Cc3ccccc3)nc3cccnc32)c1. The summed E-state index contributed by atoms with van der Waals surface area (Å²) in [5.74, 6) is -0.182. The van der Waals surface area contributed by atoms with E-state index in [0.29, 0.717) is 41.1 Å². The Morgan fingerprint density at radius 3 is 2.66 bits per heavy atom. The number of nitrogens with one attached hydrogen (secondary N) is 1. The van der Waals surface area contributed by atoms with Gasteiger partial charge in [0.15, 0.2) is 5.65 Å². The van der Waals surface area contributed by atoms with E-state index < -0.39 is 0 Å². The minimum atomic E-state index is -0.242. The number of carbonyl (C=O) groups excluding carboxylic acids is 1. The van der Waals surface area contributed by atoms with Crippen molar-refractivity contribution in [3.63, 3.8) is 0 Å². The van der Waals surface area contributed by atoms with Crippen molar-refractivity contribution in [2.45, 2.75) is 13.3 Å². The number of nitrogens with zero attached hydrogens (tertiary/aromatic N) is 3. The highest BCUT2D eigenvalue weighted by atomic mass is 16.1. The molecular formula is C23H20N4O2. The zero-order valence-electron chi connectivity index (χ0n) is 16.0. The van der Waals surface area contributed by atoms with E-state index in [4.69, 9.17) is 0 Å². The summed E-state index contributed by atoms with van der Waals surface area (Å²) in [7, 11) is 0. The van der Waals surface area contributed by atoms with Gasteiger partial charge in [-0.3, -0.25) is 14.2 Å². The van der Waals surface area contributed by atoms with Crippen LogP contribution in [0.2, 0.25) is 0 Å². The topological polar surface area (TPSA) is 76.9 Å². The van der Waals surface area contributed by atoms with Crippen LogP contribution in [-0.4, -0.2) is 27.0 Å². The van der Waals surface area contributed by atoms with Crippen molar-refractivity contribution in [1.82, 2.24) is 19.9 Å². The Kier molecular flexibility index (Phi) is 5.16. The van der Waals surface area contributed by atoms with Crippen LogP contribution in [0.5, 0.6) is 0 Å². The molecule has 0 aliphatic carbocycles. The highest BCUT2D eigenvalue weighted by Gasteiger charge is 2.15. The molecule has 0 fully saturated rings. The van der Waals surface area contributed by atoms with Gasteiger partial charge in [0.25, 0.3) is 11.5 Å². The summed E-state index contributed by atoms with van der Waals surface area (Å²) in [5.41, 5.74) is 3.35. The summed E-state index contributed by atoms with van der Waals surface area (Å²) in [6.07, 6.45) is 2.05. The molecule has 6 heteroatoms. The molecule has 0 spiro atoms. The molecule has 144 valence electrons. The molecule has 1 N–H and O–H groups in total. The largest absolute Gasteiger partial charge is 0.352 e. The van der Waals surface area contributed by atoms with Crippen LogP contribution in [0.4, 0.5) is 0 Å². The van der Waals surface area contributed by atoms with E-state index in [9.17, 15) is 9.59 Å². The molecule has 0 atom stereocenters. The number of hydrogen-bond donors (Lipinski definition) is 1. The maximum absolute atomic E-state index is 13.4. The van der Waals surface area contributed by atoms with Crippen LogP contribution in [0.1, 0.15) is 28.5 Å². The fourth-order valence-electron chi connectivity index (χ4n) is 3.26. The molecule has 0 aliphatic heterocycles. The van der Waals surface area contributed by atoms with E-state index in [0.717, 1.165) is 5.56 Å². The molecule has 1 amide bonds. The Balaban J connectivity index is 1.90. The van der Waals surface area contributed by atoms with Crippen molar-refractivity contribution in [2.24, 2.45) is 0 Å². The zero-order valence-corrected chi connectivity index (χ0v) is 16.0. The van der Waals surface area contributed by atoms with Gasteiger partial charge >= 0.3 is 0 Å². The lowest BCUT2D eigenvalue weighted by atomic mass is 10.1. The van der Waals surface area contributed by atoms with Crippen molar-refractivity contribution < 1.29 is 4.79 Å². The Labute approximate surface area is 167 Å². The summed E-state index contributed by atoms with van der Waals surface area (Å²) >= 11 is 0. The van der Waals surface area contributed by atoms with E-state index in [1.807, 2.05) is 43.3 Å². The van der Waals surface area contributed by atoms with Gasteiger partial charge in [-0.25, -0.2) is 9.97 Å². The number of rotatable bonds is 5. The monoisotopic (exact) mass is 384 g/mol. The summed E-state index contributed by atoms with van der Waals surface area (Å²) in [5, 5.41) is 2.78. The summed E-state index contributed by atoms with van der Waals surface area (Å²) < 4.78 is 1.53. The first-order chi connectivity index (χ1) is 14.2. The molecule has 0 saturated carbocycles. The number of amides is 1. The molecule has 6 nitrogen and oxygen atoms in total. The van der Waals surface area contributed by atoms with Crippen LogP contribution in [0.25, 0.3) is 16.9 Å². The second-order valence-electron chi connectivity index (χ2n) is 6.62. The molecule has 0 bridgehead atoms. The predicted octanol–water partition coefficient (Wildman–Crippen LogP) is 3.12. The van der Waals surface area contributed by atoms with Gasteiger partial charge in [0.2, 0.25) is 0 Å². The van der Waals surface area contributed by atoms with Crippen LogP contribution < -0.4 is 10.9 Å². The van der Waals surface area contributed by atoms with E-state index in [2.05, 4.69) is 15.3 Å². The van der Waals surface area contributed by atoms with Gasteiger partial charge in [-0.2, -0.15) is 0 Å². The van der Waals surface area contributed by atoms with Crippen LogP contribution in [0.3, 0.4) is 0 Å². The third-order valence-corrected chi connectivity index (χ3v) is 4.60. The molecule has 2 heterocycles. The highest BCUT2D eigenvalue weighted by molar-refractivity contribution is 5.94. The second-order valence-corrected chi connectivity index (χ2v) is 6.62. The first-order valence-electron chi connectivity index (χ1n) is 9.46. The van der Waals surface area contributed by atoms with Crippen molar-refractivity contribution in [1.29, 1.82) is 0 Å². The first-order valence-corrected chi connectivity index (χ1v) is 9.46. The van der Waals surface area contributed by atoms with E-state index in [-0.39, 0.29) is 11.5 Å². The van der Waals surface area contributed by atoms with Crippen LogP contribution in [-0.2, 0) is 6.42 Å². The minimum Gasteiger partial charge on any atom is -0.352 e. The number of aromatic nitrogens is 3. The first kappa shape index (κ1) is 18.6. The predicted molar refractivity (Wildman–Crippen MR) is 112 cm³/mol. The van der Waals surface area contributed by atoms with E-state index >= 15 is 0 Å². The second kappa shape index (κ2) is 8.06. The lowest BCUT2D eigenvalue weighted by Gasteiger charge is -2.13. The third kappa shape index (κ3) is 3.78. The van der Waals surface area contributed by atoms with Gasteiger partial charge in [-0.05, 0) is 42.8 Å². The normalized spacial score (nSPS) is 10.8. The Hall–Kier alpha value is -3.80. The van der Waals surface area contributed by atoms with Crippen LogP contribution in [0, 0.1) is 0 Å². The minimum absolute atomic E-state index is 0.182. The fourth-order valence-corrected chi connectivity index (χ4v) is 3.26. The lowest BCUT2D eigenvalue weighted by Crippen LogP contribution is -2.26. The molecular weight excluding hydrogens is 364 g/mol. The molecule has 4 rings (SSSR count). The van der Waals surface area contributed by atoms with Gasteiger partial charge in [-0.15, -0.1) is 0 Å². The smallest absolute Gasteiger partial charge is 0.278 e. The maximum atomic E-state index is 13.4. The third-order valence-electron chi connectivity index (χ3n) is 4.60. The van der Waals surface area contributed by atoms with E-state index in [1.54, 1.807) is 36.5 Å². The Morgan fingerprint density at radius 1 is 1.03 bits per heavy atom. The van der Waals surface area contributed by atoms with E-state index in [1.165, 1.54) is 4.57 Å². The molecule has 0 radical (unpaired) electrons. The average Bonchev–Trinajstić information content (AvgIpc) is 2.75. The summed E-state index contributed by atoms with van der Waals surface area (Å²) in [6.45, 7) is 2.40. The number of hydrogen-bond acceptors (Lipinski definition) is 4. The maximum Gasteiger partial charge on any atom is 0.278 e. The van der Waals surface area contributed by atoms with Gasteiger partial charge in [0.1, 0.15) is 11.2 Å². The number of carbonyl (C=O) groups is 1. The molecule has 0 aliphatic rings. The van der Waals surface area contributed by atoms with Gasteiger partial charge in [0, 0.05) is 24.7 Å². The number of benzene rings is 2. The van der Waals surface area contributed by atoms with Crippen LogP contribution >= 0.6 is 0 Å². The van der Waals surface area contributed by atoms with Crippen molar-refractivity contribution in [2.75, 3.05) is 6.54 Å². The van der Waals surface area contributed by atoms with Crippen molar-refractivity contribution in [3.05, 3.63) is 100 Å². The van der Waals surface area contributed by atoms with Crippen molar-refractivity contribution in [3.8, 4) is 5.69 Å². The van der Waals surface area contributed by atoms with Gasteiger partial charge < -0.3 is 5.32 Å². The molecule has 0 unspecified atom stereocenters. The number of fused-ring (bicyclic) bond motifs is 1. The van der Waals surface area contributed by atoms with Gasteiger partial charge in [-0.1, -0.05) is 36.4 Å². The van der Waals surface area contributed by atoms with Crippen LogP contribution in [0.15, 0.2) is 77.7 Å². The molecule has 2 aromatic heterocycles. The molecule has 4 aromatic rings. The van der Waals surface area contributed by atoms with Gasteiger partial charge in [0.05, 0.1) is 5.69 Å². The standard InChI is InChI=1S/C23H20N4O2/c1-2-24-22(28)17-10-6-11-18(15-17)27-21-19(12-7-13-25-21)26-20(23(27)29)14-16-8-4-3-5-9-16/h3-13,15H,2,14H2,1H3,(H,24,28). The fraction of sp³-hybridized carbons (Fsp3) is 0.130. The Bertz CT molecular complexity index is 1230.